The van der Waals surface area contributed by atoms with Crippen molar-refractivity contribution in [1.29, 1.82) is 0 Å². The molecule has 0 radical (unpaired) electrons. The molecule has 7 atom stereocenters. The summed E-state index contributed by atoms with van der Waals surface area (Å²) in [5, 5.41) is 0. The lowest BCUT2D eigenvalue weighted by Gasteiger charge is -2.58. The largest absolute Gasteiger partial charge is 0.344 e. The summed E-state index contributed by atoms with van der Waals surface area (Å²) in [4.78, 5) is 16.3. The van der Waals surface area contributed by atoms with E-state index in [9.17, 15) is 4.79 Å². The van der Waals surface area contributed by atoms with Gasteiger partial charge in [0.05, 0.1) is 6.33 Å². The average Bonchev–Trinajstić information content (AvgIpc) is 3.00. The second-order valence-corrected chi connectivity index (χ2v) is 9.93. The van der Waals surface area contributed by atoms with Crippen LogP contribution < -0.4 is 0 Å². The van der Waals surface area contributed by atoms with Gasteiger partial charge >= 0.3 is 0 Å². The number of rotatable bonds is 1. The Morgan fingerprint density at radius 3 is 2.88 bits per heavy atom. The Labute approximate surface area is 155 Å². The number of allylic oxidation sites excluding steroid dienone is 1. The molecule has 1 aromatic rings. The Morgan fingerprint density at radius 2 is 2.08 bits per heavy atom. The summed E-state index contributed by atoms with van der Waals surface area (Å²) in [7, 11) is 0. The molecule has 6 rings (SSSR count). The van der Waals surface area contributed by atoms with Gasteiger partial charge in [0.25, 0.3) is 0 Å². The quantitative estimate of drug-likeness (QED) is 0.716. The Hall–Kier alpha value is -1.42. The highest BCUT2D eigenvalue weighted by Gasteiger charge is 2.78. The zero-order valence-corrected chi connectivity index (χ0v) is 15.8. The molecule has 1 saturated heterocycles. The van der Waals surface area contributed by atoms with Crippen molar-refractivity contribution in [2.75, 3.05) is 0 Å². The van der Waals surface area contributed by atoms with E-state index in [1.165, 1.54) is 31.3 Å². The van der Waals surface area contributed by atoms with E-state index in [1.807, 2.05) is 18.6 Å². The molecule has 0 amide bonds. The van der Waals surface area contributed by atoms with Crippen molar-refractivity contribution in [2.45, 2.75) is 70.6 Å². The highest BCUT2D eigenvalue weighted by atomic mass is 16.6. The highest BCUT2D eigenvalue weighted by Crippen LogP contribution is 2.75. The number of epoxide rings is 1. The molecule has 26 heavy (non-hydrogen) atoms. The van der Waals surface area contributed by atoms with Crippen LogP contribution in [0.5, 0.6) is 0 Å². The number of hydrogen-bond acceptors (Lipinski definition) is 3. The Kier molecular flexibility index (Phi) is 2.82. The van der Waals surface area contributed by atoms with Crippen LogP contribution in [0.1, 0.15) is 58.8 Å². The Bertz CT molecular complexity index is 814. The van der Waals surface area contributed by atoms with Crippen molar-refractivity contribution in [3.8, 4) is 0 Å². The van der Waals surface area contributed by atoms with Crippen LogP contribution in [0.3, 0.4) is 0 Å². The molecule has 0 unspecified atom stereocenters. The van der Waals surface area contributed by atoms with Crippen LogP contribution in [0.2, 0.25) is 0 Å². The summed E-state index contributed by atoms with van der Waals surface area (Å²) >= 11 is 0. The molecule has 4 fully saturated rings. The summed E-state index contributed by atoms with van der Waals surface area (Å²) in [6.45, 7) is 4.95. The monoisotopic (exact) mass is 352 g/mol. The van der Waals surface area contributed by atoms with Crippen molar-refractivity contribution in [3.05, 3.63) is 30.4 Å². The van der Waals surface area contributed by atoms with E-state index in [1.54, 1.807) is 0 Å². The first-order valence-electron chi connectivity index (χ1n) is 10.4. The van der Waals surface area contributed by atoms with Crippen molar-refractivity contribution in [1.82, 2.24) is 9.55 Å². The van der Waals surface area contributed by atoms with Gasteiger partial charge in [-0.15, -0.1) is 0 Å². The summed E-state index contributed by atoms with van der Waals surface area (Å²) < 4.78 is 8.61. The van der Waals surface area contributed by atoms with Gasteiger partial charge in [-0.25, -0.2) is 4.98 Å². The molecule has 4 nitrogen and oxygen atoms in total. The fourth-order valence-corrected chi connectivity index (χ4v) is 7.86. The van der Waals surface area contributed by atoms with Gasteiger partial charge in [-0.2, -0.15) is 0 Å². The third kappa shape index (κ3) is 1.62. The van der Waals surface area contributed by atoms with E-state index in [2.05, 4.69) is 29.6 Å². The minimum Gasteiger partial charge on any atom is -0.344 e. The fourth-order valence-electron chi connectivity index (χ4n) is 7.86. The van der Waals surface area contributed by atoms with Gasteiger partial charge in [-0.05, 0) is 67.8 Å². The van der Waals surface area contributed by atoms with Crippen LogP contribution in [-0.2, 0) is 15.3 Å². The lowest BCUT2D eigenvalue weighted by Crippen LogP contribution is -2.53. The number of fused-ring (bicyclic) bond motifs is 7. The number of ether oxygens (including phenoxy) is 1. The number of carbonyl (C=O) groups excluding carboxylic acids is 1. The van der Waals surface area contributed by atoms with Gasteiger partial charge in [0.1, 0.15) is 6.10 Å². The molecular formula is C22H28N2O2. The third-order valence-corrected chi connectivity index (χ3v) is 9.23. The predicted molar refractivity (Wildman–Crippen MR) is 97.2 cm³/mol. The molecular weight excluding hydrogens is 324 g/mol. The zero-order chi connectivity index (χ0) is 17.7. The number of imidazole rings is 1. The number of carbonyl (C=O) groups is 1. The van der Waals surface area contributed by atoms with Crippen molar-refractivity contribution in [2.24, 2.45) is 28.6 Å². The molecule has 1 aromatic heterocycles. The smallest absolute Gasteiger partial charge is 0.178 e. The predicted octanol–water partition coefficient (Wildman–Crippen LogP) is 4.08. The molecule has 0 bridgehead atoms. The molecule has 1 aliphatic heterocycles. The van der Waals surface area contributed by atoms with E-state index in [0.717, 1.165) is 37.0 Å². The van der Waals surface area contributed by atoms with E-state index in [4.69, 9.17) is 4.74 Å². The molecule has 3 saturated carbocycles. The minimum atomic E-state index is -0.140. The lowest BCUT2D eigenvalue weighted by atomic mass is 9.47. The van der Waals surface area contributed by atoms with Crippen molar-refractivity contribution >= 4 is 5.78 Å². The van der Waals surface area contributed by atoms with Crippen LogP contribution in [0.4, 0.5) is 0 Å². The maximum Gasteiger partial charge on any atom is 0.178 e. The lowest BCUT2D eigenvalue weighted by molar-refractivity contribution is -0.120. The van der Waals surface area contributed by atoms with E-state index in [-0.39, 0.29) is 16.6 Å². The van der Waals surface area contributed by atoms with Gasteiger partial charge in [0.2, 0.25) is 0 Å². The zero-order valence-electron chi connectivity index (χ0n) is 15.8. The summed E-state index contributed by atoms with van der Waals surface area (Å²) in [6.07, 6.45) is 16.2. The third-order valence-electron chi connectivity index (χ3n) is 9.23. The van der Waals surface area contributed by atoms with Crippen LogP contribution >= 0.6 is 0 Å². The van der Waals surface area contributed by atoms with Crippen LogP contribution in [0.15, 0.2) is 30.4 Å². The van der Waals surface area contributed by atoms with E-state index < -0.39 is 0 Å². The van der Waals surface area contributed by atoms with Crippen LogP contribution in [0, 0.1) is 28.6 Å². The van der Waals surface area contributed by atoms with Crippen molar-refractivity contribution < 1.29 is 9.53 Å². The maximum absolute atomic E-state index is 12.0. The Balaban J connectivity index is 1.38. The first-order chi connectivity index (χ1) is 12.5. The topological polar surface area (TPSA) is 47.4 Å². The molecule has 138 valence electrons. The minimum absolute atomic E-state index is 0.140. The Morgan fingerprint density at radius 1 is 1.19 bits per heavy atom. The maximum atomic E-state index is 12.0. The molecule has 4 heteroatoms. The summed E-state index contributed by atoms with van der Waals surface area (Å²) in [6, 6.07) is 0. The molecule has 0 N–H and O–H groups in total. The molecule has 5 aliphatic rings. The molecule has 2 heterocycles. The number of aromatic nitrogens is 2. The number of ketones is 1. The molecule has 0 spiro atoms. The number of hydrogen-bond donors (Lipinski definition) is 0. The van der Waals surface area contributed by atoms with Gasteiger partial charge in [0, 0.05) is 24.2 Å². The van der Waals surface area contributed by atoms with E-state index >= 15 is 0 Å². The summed E-state index contributed by atoms with van der Waals surface area (Å²) in [5.74, 6) is 2.61. The van der Waals surface area contributed by atoms with Crippen LogP contribution in [-0.4, -0.2) is 21.4 Å². The van der Waals surface area contributed by atoms with E-state index in [0.29, 0.717) is 11.9 Å². The molecule has 4 aliphatic carbocycles. The van der Waals surface area contributed by atoms with Gasteiger partial charge in [0.15, 0.2) is 11.5 Å². The standard InChI is InChI=1S/C22H28N2O2/c1-20-7-5-15(25)11-14(20)3-4-16-17(20)6-8-21(2)18(16)12-19-22(21,26-19)24-10-9-23-13-24/h9-11,13,16-19H,3-8,12H2,1-2H3/t16-,17+,18+,19-,20+,21+,22-/m1/s1. The van der Waals surface area contributed by atoms with Gasteiger partial charge in [-0.1, -0.05) is 19.4 Å². The summed E-state index contributed by atoms with van der Waals surface area (Å²) in [5.41, 5.74) is 1.79. The second kappa shape index (κ2) is 4.70. The fraction of sp³-hybridized carbons (Fsp3) is 0.727. The van der Waals surface area contributed by atoms with Crippen molar-refractivity contribution in [3.63, 3.8) is 0 Å². The first kappa shape index (κ1) is 15.6. The SMILES string of the molecule is C[C@]12CCC(=O)C=C1CC[C@@H]1[C@@H]2CC[C@@]2(C)[C@H]1C[C@H]1O[C@]12n1ccnc1. The average molecular weight is 352 g/mol. The van der Waals surface area contributed by atoms with Gasteiger partial charge < -0.3 is 9.30 Å². The second-order valence-electron chi connectivity index (χ2n) is 9.93. The van der Waals surface area contributed by atoms with Gasteiger partial charge in [-0.3, -0.25) is 4.79 Å². The first-order valence-corrected chi connectivity index (χ1v) is 10.4. The number of nitrogens with zero attached hydrogens (tertiary/aromatic N) is 2. The van der Waals surface area contributed by atoms with Crippen LogP contribution in [0.25, 0.3) is 0 Å². The highest BCUT2D eigenvalue weighted by molar-refractivity contribution is 5.91. The molecule has 0 aromatic carbocycles. The normalized spacial score (nSPS) is 51.8.